The van der Waals surface area contributed by atoms with E-state index in [1.165, 1.54) is 75.3 Å². The summed E-state index contributed by atoms with van der Waals surface area (Å²) in [6.07, 6.45) is 17.2. The summed E-state index contributed by atoms with van der Waals surface area (Å²) >= 11 is 0. The number of pyridine rings is 1. The molecule has 18 heavy (non-hydrogen) atoms. The van der Waals surface area contributed by atoms with Crippen LogP contribution in [0.2, 0.25) is 0 Å². The van der Waals surface area contributed by atoms with Crippen molar-refractivity contribution in [2.45, 2.75) is 78.1 Å². The number of aromatic nitrogens is 1. The maximum Gasteiger partial charge on any atom is 0.0300 e. The molecule has 1 nitrogen and oxygen atoms in total. The van der Waals surface area contributed by atoms with Crippen molar-refractivity contribution < 1.29 is 0 Å². The van der Waals surface area contributed by atoms with Gasteiger partial charge in [-0.15, -0.1) is 0 Å². The molecule has 0 fully saturated rings. The number of unbranched alkanes of at least 4 members (excludes halogenated alkanes) is 6. The van der Waals surface area contributed by atoms with E-state index in [2.05, 4.69) is 24.9 Å². The SMILES string of the molecule is CCCCCCc1cncc(CCCCCC)c1. The van der Waals surface area contributed by atoms with Crippen molar-refractivity contribution in [2.75, 3.05) is 0 Å². The van der Waals surface area contributed by atoms with Crippen molar-refractivity contribution in [1.82, 2.24) is 4.98 Å². The smallest absolute Gasteiger partial charge is 0.0300 e. The highest BCUT2D eigenvalue weighted by Gasteiger charge is 1.98. The lowest BCUT2D eigenvalue weighted by Gasteiger charge is -2.05. The predicted molar refractivity (Wildman–Crippen MR) is 79.9 cm³/mol. The van der Waals surface area contributed by atoms with Crippen molar-refractivity contribution in [3.8, 4) is 0 Å². The molecule has 1 aromatic rings. The van der Waals surface area contributed by atoms with Crippen LogP contribution in [0.3, 0.4) is 0 Å². The van der Waals surface area contributed by atoms with E-state index in [1.54, 1.807) is 0 Å². The monoisotopic (exact) mass is 247 g/mol. The Balaban J connectivity index is 2.27. The zero-order valence-electron chi connectivity index (χ0n) is 12.3. The number of aryl methyl sites for hydroxylation is 2. The van der Waals surface area contributed by atoms with Gasteiger partial charge in [0.15, 0.2) is 0 Å². The van der Waals surface area contributed by atoms with Gasteiger partial charge in [-0.1, -0.05) is 58.4 Å². The summed E-state index contributed by atoms with van der Waals surface area (Å²) in [5.41, 5.74) is 2.86. The van der Waals surface area contributed by atoms with E-state index in [0.717, 1.165) is 0 Å². The molecule has 0 atom stereocenters. The lowest BCUT2D eigenvalue weighted by atomic mass is 10.0. The Labute approximate surface area is 113 Å². The second kappa shape index (κ2) is 10.1. The fraction of sp³-hybridized carbons (Fsp3) is 0.706. The molecular formula is C17H29N. The molecule has 0 N–H and O–H groups in total. The molecule has 1 aromatic heterocycles. The summed E-state index contributed by atoms with van der Waals surface area (Å²) in [4.78, 5) is 4.38. The van der Waals surface area contributed by atoms with E-state index in [-0.39, 0.29) is 0 Å². The molecule has 0 unspecified atom stereocenters. The molecule has 0 radical (unpaired) electrons. The quantitative estimate of drug-likeness (QED) is 0.509. The van der Waals surface area contributed by atoms with Crippen molar-refractivity contribution in [1.29, 1.82) is 0 Å². The first-order valence-electron chi connectivity index (χ1n) is 7.79. The molecule has 0 saturated heterocycles. The number of hydrogen-bond acceptors (Lipinski definition) is 1. The van der Waals surface area contributed by atoms with Gasteiger partial charge in [-0.25, -0.2) is 0 Å². The van der Waals surface area contributed by atoms with Gasteiger partial charge >= 0.3 is 0 Å². The Morgan fingerprint density at radius 2 is 1.22 bits per heavy atom. The highest BCUT2D eigenvalue weighted by molar-refractivity contribution is 5.18. The standard InChI is InChI=1S/C17H29N/c1-3-5-7-9-11-16-13-17(15-18-14-16)12-10-8-6-4-2/h13-15H,3-12H2,1-2H3. The third-order valence-corrected chi connectivity index (χ3v) is 3.49. The van der Waals surface area contributed by atoms with Crippen LogP contribution >= 0.6 is 0 Å². The maximum absolute atomic E-state index is 4.38. The molecule has 0 aliphatic heterocycles. The normalized spacial score (nSPS) is 10.8. The van der Waals surface area contributed by atoms with Gasteiger partial charge in [0.1, 0.15) is 0 Å². The molecule has 0 saturated carbocycles. The van der Waals surface area contributed by atoms with Crippen LogP contribution in [-0.2, 0) is 12.8 Å². The molecule has 0 aromatic carbocycles. The van der Waals surface area contributed by atoms with Crippen LogP contribution in [0.25, 0.3) is 0 Å². The molecule has 1 heteroatoms. The molecule has 0 spiro atoms. The Morgan fingerprint density at radius 3 is 1.67 bits per heavy atom. The molecule has 0 aliphatic rings. The van der Waals surface area contributed by atoms with Crippen LogP contribution in [0.4, 0.5) is 0 Å². The van der Waals surface area contributed by atoms with Gasteiger partial charge < -0.3 is 0 Å². The van der Waals surface area contributed by atoms with Gasteiger partial charge in [0, 0.05) is 12.4 Å². The van der Waals surface area contributed by atoms with E-state index >= 15 is 0 Å². The van der Waals surface area contributed by atoms with Gasteiger partial charge in [0.25, 0.3) is 0 Å². The van der Waals surface area contributed by atoms with Gasteiger partial charge in [0.2, 0.25) is 0 Å². The number of nitrogens with zero attached hydrogens (tertiary/aromatic N) is 1. The molecule has 1 heterocycles. The van der Waals surface area contributed by atoms with Crippen molar-refractivity contribution in [3.63, 3.8) is 0 Å². The van der Waals surface area contributed by atoms with Crippen LogP contribution < -0.4 is 0 Å². The largest absolute Gasteiger partial charge is 0.264 e. The Bertz CT molecular complexity index is 279. The van der Waals surface area contributed by atoms with Gasteiger partial charge in [-0.3, -0.25) is 4.98 Å². The Kier molecular flexibility index (Phi) is 8.54. The van der Waals surface area contributed by atoms with Crippen molar-refractivity contribution in [3.05, 3.63) is 29.6 Å². The lowest BCUT2D eigenvalue weighted by Crippen LogP contribution is -1.92. The highest BCUT2D eigenvalue weighted by atomic mass is 14.6. The zero-order valence-corrected chi connectivity index (χ0v) is 12.3. The fourth-order valence-corrected chi connectivity index (χ4v) is 2.33. The second-order valence-electron chi connectivity index (χ2n) is 5.32. The first-order chi connectivity index (χ1) is 8.86. The summed E-state index contributed by atoms with van der Waals surface area (Å²) < 4.78 is 0. The molecule has 0 bridgehead atoms. The topological polar surface area (TPSA) is 12.9 Å². The van der Waals surface area contributed by atoms with Crippen LogP contribution in [-0.4, -0.2) is 4.98 Å². The average Bonchev–Trinajstić information content (AvgIpc) is 2.40. The van der Waals surface area contributed by atoms with E-state index in [9.17, 15) is 0 Å². The van der Waals surface area contributed by atoms with Crippen LogP contribution in [0, 0.1) is 0 Å². The maximum atomic E-state index is 4.38. The minimum Gasteiger partial charge on any atom is -0.264 e. The highest BCUT2D eigenvalue weighted by Crippen LogP contribution is 2.11. The fourth-order valence-electron chi connectivity index (χ4n) is 2.33. The predicted octanol–water partition coefficient (Wildman–Crippen LogP) is 5.33. The minimum absolute atomic E-state index is 1.20. The summed E-state index contributed by atoms with van der Waals surface area (Å²) in [7, 11) is 0. The van der Waals surface area contributed by atoms with E-state index in [0.29, 0.717) is 0 Å². The Morgan fingerprint density at radius 1 is 0.722 bits per heavy atom. The van der Waals surface area contributed by atoms with Crippen molar-refractivity contribution in [2.24, 2.45) is 0 Å². The van der Waals surface area contributed by atoms with Crippen LogP contribution in [0.5, 0.6) is 0 Å². The van der Waals surface area contributed by atoms with Gasteiger partial charge in [-0.2, -0.15) is 0 Å². The third kappa shape index (κ3) is 6.78. The van der Waals surface area contributed by atoms with Gasteiger partial charge in [-0.05, 0) is 36.8 Å². The first kappa shape index (κ1) is 15.2. The molecule has 1 rings (SSSR count). The molecular weight excluding hydrogens is 218 g/mol. The van der Waals surface area contributed by atoms with E-state index in [1.807, 2.05) is 12.4 Å². The van der Waals surface area contributed by atoms with Crippen LogP contribution in [0.1, 0.15) is 76.3 Å². The van der Waals surface area contributed by atoms with E-state index < -0.39 is 0 Å². The number of rotatable bonds is 10. The minimum atomic E-state index is 1.20. The van der Waals surface area contributed by atoms with Gasteiger partial charge in [0.05, 0.1) is 0 Å². The third-order valence-electron chi connectivity index (χ3n) is 3.49. The second-order valence-corrected chi connectivity index (χ2v) is 5.32. The molecule has 0 amide bonds. The van der Waals surface area contributed by atoms with E-state index in [4.69, 9.17) is 0 Å². The first-order valence-corrected chi connectivity index (χ1v) is 7.79. The average molecular weight is 247 g/mol. The summed E-state index contributed by atoms with van der Waals surface area (Å²) in [5, 5.41) is 0. The molecule has 102 valence electrons. The Hall–Kier alpha value is -0.850. The lowest BCUT2D eigenvalue weighted by molar-refractivity contribution is 0.659. The summed E-state index contributed by atoms with van der Waals surface area (Å²) in [6.45, 7) is 4.52. The summed E-state index contributed by atoms with van der Waals surface area (Å²) in [5.74, 6) is 0. The van der Waals surface area contributed by atoms with Crippen molar-refractivity contribution >= 4 is 0 Å². The molecule has 0 aliphatic carbocycles. The van der Waals surface area contributed by atoms with Crippen LogP contribution in [0.15, 0.2) is 18.5 Å². The zero-order chi connectivity index (χ0) is 13.1. The number of hydrogen-bond donors (Lipinski definition) is 0. The summed E-state index contributed by atoms with van der Waals surface area (Å²) in [6, 6.07) is 2.37.